The average Bonchev–Trinajstić information content (AvgIpc) is 2.48. The second-order valence-corrected chi connectivity index (χ2v) is 7.43. The van der Waals surface area contributed by atoms with Crippen LogP contribution in [0.1, 0.15) is 6.92 Å². The van der Waals surface area contributed by atoms with Crippen molar-refractivity contribution in [2.75, 3.05) is 0 Å². The molecule has 0 aliphatic heterocycles. The maximum absolute atomic E-state index is 12.0. The highest BCUT2D eigenvalue weighted by Gasteiger charge is 2.21. The molecule has 0 bridgehead atoms. The minimum absolute atomic E-state index is 0.0398. The molecule has 0 spiro atoms. The molecule has 7 heteroatoms. The van der Waals surface area contributed by atoms with Crippen LogP contribution in [0.25, 0.3) is 0 Å². The topological polar surface area (TPSA) is 83.5 Å². The Bertz CT molecular complexity index is 743. The predicted octanol–water partition coefficient (Wildman–Crippen LogP) is 2.59. The van der Waals surface area contributed by atoms with Crippen LogP contribution in [0.3, 0.4) is 0 Å². The maximum Gasteiger partial charge on any atom is 0.321 e. The number of rotatable bonds is 6. The quantitative estimate of drug-likeness (QED) is 0.846. The Morgan fingerprint density at radius 2 is 1.59 bits per heavy atom. The Morgan fingerprint density at radius 1 is 1.05 bits per heavy atom. The van der Waals surface area contributed by atoms with Crippen LogP contribution in [0.15, 0.2) is 69.3 Å². The van der Waals surface area contributed by atoms with E-state index >= 15 is 0 Å². The summed E-state index contributed by atoms with van der Waals surface area (Å²) >= 11 is 1.52. The van der Waals surface area contributed by atoms with E-state index in [4.69, 9.17) is 5.11 Å². The molecule has 2 rings (SSSR count). The highest BCUT2D eigenvalue weighted by molar-refractivity contribution is 7.99. The third kappa shape index (κ3) is 4.33. The van der Waals surface area contributed by atoms with Crippen LogP contribution in [-0.4, -0.2) is 25.5 Å². The Morgan fingerprint density at radius 3 is 2.14 bits per heavy atom. The first kappa shape index (κ1) is 16.5. The lowest BCUT2D eigenvalue weighted by atomic mass is 10.4. The number of benzene rings is 2. The molecule has 22 heavy (non-hydrogen) atoms. The molecule has 0 unspecified atom stereocenters. The summed E-state index contributed by atoms with van der Waals surface area (Å²) < 4.78 is 26.2. The molecule has 0 heterocycles. The van der Waals surface area contributed by atoms with Crippen LogP contribution in [0.4, 0.5) is 0 Å². The number of carboxylic acid groups (broad SMARTS) is 1. The van der Waals surface area contributed by atoms with Crippen molar-refractivity contribution in [2.24, 2.45) is 0 Å². The normalized spacial score (nSPS) is 12.8. The van der Waals surface area contributed by atoms with E-state index in [9.17, 15) is 13.2 Å². The first-order valence-electron chi connectivity index (χ1n) is 6.46. The van der Waals surface area contributed by atoms with Gasteiger partial charge in [0.1, 0.15) is 6.04 Å². The van der Waals surface area contributed by atoms with Gasteiger partial charge in [0.15, 0.2) is 0 Å². The van der Waals surface area contributed by atoms with Gasteiger partial charge in [0, 0.05) is 9.79 Å². The minimum Gasteiger partial charge on any atom is -0.480 e. The molecule has 0 amide bonds. The molecule has 0 saturated carbocycles. The monoisotopic (exact) mass is 337 g/mol. The largest absolute Gasteiger partial charge is 0.480 e. The van der Waals surface area contributed by atoms with Crippen LogP contribution in [-0.2, 0) is 14.8 Å². The smallest absolute Gasteiger partial charge is 0.321 e. The molecule has 1 atom stereocenters. The van der Waals surface area contributed by atoms with Gasteiger partial charge in [-0.15, -0.1) is 0 Å². The molecule has 2 aromatic rings. The van der Waals surface area contributed by atoms with E-state index in [1.165, 1.54) is 30.8 Å². The summed E-state index contributed by atoms with van der Waals surface area (Å²) in [6.45, 7) is 1.28. The van der Waals surface area contributed by atoms with Crippen molar-refractivity contribution >= 4 is 27.8 Å². The number of hydrogen-bond donors (Lipinski definition) is 2. The van der Waals surface area contributed by atoms with Crippen molar-refractivity contribution in [1.29, 1.82) is 0 Å². The average molecular weight is 337 g/mol. The third-order valence-electron chi connectivity index (χ3n) is 2.82. The molecule has 2 N–H and O–H groups in total. The van der Waals surface area contributed by atoms with E-state index in [0.717, 1.165) is 9.79 Å². The second-order valence-electron chi connectivity index (χ2n) is 4.57. The van der Waals surface area contributed by atoms with E-state index in [-0.39, 0.29) is 4.90 Å². The Labute approximate surface area is 133 Å². The fourth-order valence-electron chi connectivity index (χ4n) is 1.66. The SMILES string of the molecule is C[C@H](NS(=O)(=O)c1ccc(Sc2ccccc2)cc1)C(=O)O. The number of carboxylic acids is 1. The lowest BCUT2D eigenvalue weighted by molar-refractivity contribution is -0.138. The van der Waals surface area contributed by atoms with Crippen molar-refractivity contribution in [2.45, 2.75) is 27.7 Å². The Kier molecular flexibility index (Phi) is 5.23. The summed E-state index contributed by atoms with van der Waals surface area (Å²) in [6.07, 6.45) is 0. The highest BCUT2D eigenvalue weighted by atomic mass is 32.2. The van der Waals surface area contributed by atoms with Crippen LogP contribution < -0.4 is 4.72 Å². The number of nitrogens with one attached hydrogen (secondary N) is 1. The van der Waals surface area contributed by atoms with Crippen molar-refractivity contribution in [3.63, 3.8) is 0 Å². The lowest BCUT2D eigenvalue weighted by Gasteiger charge is -2.10. The van der Waals surface area contributed by atoms with Gasteiger partial charge in [-0.3, -0.25) is 4.79 Å². The van der Waals surface area contributed by atoms with Crippen molar-refractivity contribution in [3.8, 4) is 0 Å². The summed E-state index contributed by atoms with van der Waals surface area (Å²) in [5.74, 6) is -1.22. The van der Waals surface area contributed by atoms with E-state index in [1.807, 2.05) is 30.3 Å². The summed E-state index contributed by atoms with van der Waals surface area (Å²) in [5, 5.41) is 8.77. The predicted molar refractivity (Wildman–Crippen MR) is 84.4 cm³/mol. The van der Waals surface area contributed by atoms with Crippen LogP contribution in [0.2, 0.25) is 0 Å². The molecule has 2 aromatic carbocycles. The van der Waals surface area contributed by atoms with Gasteiger partial charge in [-0.05, 0) is 43.3 Å². The third-order valence-corrected chi connectivity index (χ3v) is 5.39. The first-order chi connectivity index (χ1) is 10.4. The maximum atomic E-state index is 12.0. The second kappa shape index (κ2) is 6.95. The van der Waals surface area contributed by atoms with Gasteiger partial charge >= 0.3 is 5.97 Å². The Balaban J connectivity index is 2.13. The molecule has 0 saturated heterocycles. The lowest BCUT2D eigenvalue weighted by Crippen LogP contribution is -2.38. The summed E-state index contributed by atoms with van der Waals surface area (Å²) in [6, 6.07) is 14.8. The first-order valence-corrected chi connectivity index (χ1v) is 8.76. The molecule has 0 aromatic heterocycles. The molecule has 5 nitrogen and oxygen atoms in total. The fraction of sp³-hybridized carbons (Fsp3) is 0.133. The zero-order valence-corrected chi connectivity index (χ0v) is 13.4. The fourth-order valence-corrected chi connectivity index (χ4v) is 3.70. The molecular formula is C15H15NO4S2. The van der Waals surface area contributed by atoms with E-state index in [1.54, 1.807) is 12.1 Å². The molecule has 0 aliphatic rings. The summed E-state index contributed by atoms with van der Waals surface area (Å²) in [4.78, 5) is 12.7. The van der Waals surface area contributed by atoms with Crippen LogP contribution >= 0.6 is 11.8 Å². The van der Waals surface area contributed by atoms with Crippen LogP contribution in [0, 0.1) is 0 Å². The van der Waals surface area contributed by atoms with E-state index in [0.29, 0.717) is 0 Å². The van der Waals surface area contributed by atoms with Crippen molar-refractivity contribution < 1.29 is 18.3 Å². The molecule has 0 aliphatic carbocycles. The van der Waals surface area contributed by atoms with Gasteiger partial charge in [-0.2, -0.15) is 4.72 Å². The van der Waals surface area contributed by atoms with Crippen molar-refractivity contribution in [1.82, 2.24) is 4.72 Å². The zero-order valence-electron chi connectivity index (χ0n) is 11.8. The van der Waals surface area contributed by atoms with E-state index in [2.05, 4.69) is 4.72 Å². The van der Waals surface area contributed by atoms with Crippen LogP contribution in [0.5, 0.6) is 0 Å². The van der Waals surface area contributed by atoms with E-state index < -0.39 is 22.0 Å². The number of hydrogen-bond acceptors (Lipinski definition) is 4. The minimum atomic E-state index is -3.83. The molecule has 0 fully saturated rings. The molecular weight excluding hydrogens is 322 g/mol. The van der Waals surface area contributed by atoms with Gasteiger partial charge in [-0.1, -0.05) is 30.0 Å². The zero-order chi connectivity index (χ0) is 16.2. The Hall–Kier alpha value is -1.83. The van der Waals surface area contributed by atoms with Gasteiger partial charge < -0.3 is 5.11 Å². The number of aliphatic carboxylic acids is 1. The highest BCUT2D eigenvalue weighted by Crippen LogP contribution is 2.28. The standard InChI is InChI=1S/C15H15NO4S2/c1-11(15(17)18)16-22(19,20)14-9-7-13(8-10-14)21-12-5-3-2-4-6-12/h2-11,16H,1H3,(H,17,18)/t11-/m0/s1. The van der Waals surface area contributed by atoms with Gasteiger partial charge in [0.05, 0.1) is 4.90 Å². The summed E-state index contributed by atoms with van der Waals surface area (Å²) in [5.41, 5.74) is 0. The van der Waals surface area contributed by atoms with Gasteiger partial charge in [0.25, 0.3) is 0 Å². The van der Waals surface area contributed by atoms with Crippen molar-refractivity contribution in [3.05, 3.63) is 54.6 Å². The van der Waals surface area contributed by atoms with Gasteiger partial charge in [0.2, 0.25) is 10.0 Å². The molecule has 0 radical (unpaired) electrons. The number of carbonyl (C=O) groups is 1. The van der Waals surface area contributed by atoms with Gasteiger partial charge in [-0.25, -0.2) is 8.42 Å². The molecule has 116 valence electrons. The number of sulfonamides is 1. The summed E-state index contributed by atoms with van der Waals surface area (Å²) in [7, 11) is -3.83.